The monoisotopic (exact) mass is 348 g/mol. The van der Waals surface area contributed by atoms with Gasteiger partial charge in [-0.05, 0) is 62.2 Å². The van der Waals surface area contributed by atoms with Crippen LogP contribution in [0.3, 0.4) is 0 Å². The molecular weight excluding hydrogens is 316 g/mol. The van der Waals surface area contributed by atoms with Crippen LogP contribution in [0.4, 0.5) is 0 Å². The molecule has 5 fully saturated rings. The molecule has 5 aliphatic rings. The standard InChI is InChI=1S/C21H32O4/c1-12(2)20-10-7-13-18(3)8-6-9-19(4,17(22)23-5)14(18)11-15-21(13,24-15)16(20)25-20/h12-16H,6-11H2,1-5H3/t13-,14-,15-,16-,18-,19-,20+,21+/m1/s1. The first-order chi connectivity index (χ1) is 11.8. The Morgan fingerprint density at radius 3 is 2.56 bits per heavy atom. The zero-order valence-electron chi connectivity index (χ0n) is 16.3. The summed E-state index contributed by atoms with van der Waals surface area (Å²) in [6.07, 6.45) is 7.14. The largest absolute Gasteiger partial charge is 0.469 e. The van der Waals surface area contributed by atoms with E-state index in [1.54, 1.807) is 0 Å². The van der Waals surface area contributed by atoms with Crippen LogP contribution in [0.1, 0.15) is 66.2 Å². The summed E-state index contributed by atoms with van der Waals surface area (Å²) >= 11 is 0. The highest BCUT2D eigenvalue weighted by atomic mass is 16.7. The zero-order valence-corrected chi connectivity index (χ0v) is 16.3. The van der Waals surface area contributed by atoms with E-state index in [1.807, 2.05) is 0 Å². The van der Waals surface area contributed by atoms with E-state index in [0.29, 0.717) is 17.8 Å². The molecule has 1 spiro atoms. The van der Waals surface area contributed by atoms with Crippen LogP contribution in [0.5, 0.6) is 0 Å². The van der Waals surface area contributed by atoms with E-state index in [-0.39, 0.29) is 40.2 Å². The van der Waals surface area contributed by atoms with Gasteiger partial charge in [-0.3, -0.25) is 4.79 Å². The Hall–Kier alpha value is -0.610. The van der Waals surface area contributed by atoms with Crippen LogP contribution in [-0.4, -0.2) is 36.5 Å². The van der Waals surface area contributed by atoms with Crippen LogP contribution >= 0.6 is 0 Å². The second-order valence-corrected chi connectivity index (χ2v) is 10.2. The van der Waals surface area contributed by atoms with Gasteiger partial charge in [-0.15, -0.1) is 0 Å². The molecule has 5 rings (SSSR count). The smallest absolute Gasteiger partial charge is 0.311 e. The average Bonchev–Trinajstić information content (AvgIpc) is 3.45. The molecule has 2 saturated heterocycles. The van der Waals surface area contributed by atoms with E-state index in [4.69, 9.17) is 14.2 Å². The minimum absolute atomic E-state index is 0.0217. The molecule has 140 valence electrons. The Morgan fingerprint density at radius 1 is 1.12 bits per heavy atom. The van der Waals surface area contributed by atoms with Crippen molar-refractivity contribution in [1.82, 2.24) is 0 Å². The van der Waals surface area contributed by atoms with Crippen molar-refractivity contribution in [3.8, 4) is 0 Å². The number of carbonyl (C=O) groups is 1. The van der Waals surface area contributed by atoms with E-state index < -0.39 is 0 Å². The van der Waals surface area contributed by atoms with Gasteiger partial charge in [0.2, 0.25) is 0 Å². The Labute approximate surface area is 151 Å². The number of methoxy groups -OCH3 is 1. The van der Waals surface area contributed by atoms with Gasteiger partial charge in [-0.1, -0.05) is 27.2 Å². The number of hydrogen-bond donors (Lipinski definition) is 0. The molecule has 4 heteroatoms. The third kappa shape index (κ3) is 1.70. The molecule has 0 unspecified atom stereocenters. The summed E-state index contributed by atoms with van der Waals surface area (Å²) in [5, 5.41) is 0. The normalized spacial score (nSPS) is 58.5. The Morgan fingerprint density at radius 2 is 1.88 bits per heavy atom. The molecule has 0 N–H and O–H groups in total. The van der Waals surface area contributed by atoms with Gasteiger partial charge in [0, 0.05) is 0 Å². The quantitative estimate of drug-likeness (QED) is 0.564. The summed E-state index contributed by atoms with van der Waals surface area (Å²) in [5.41, 5.74) is -0.197. The Bertz CT molecular complexity index is 631. The maximum absolute atomic E-state index is 12.7. The molecule has 2 heterocycles. The Kier molecular flexibility index (Phi) is 3.06. The van der Waals surface area contributed by atoms with Crippen molar-refractivity contribution in [3.63, 3.8) is 0 Å². The number of carbonyl (C=O) groups excluding carboxylic acids is 1. The van der Waals surface area contributed by atoms with Crippen molar-refractivity contribution < 1.29 is 19.0 Å². The highest BCUT2D eigenvalue weighted by Gasteiger charge is 2.85. The van der Waals surface area contributed by atoms with E-state index in [1.165, 1.54) is 20.0 Å². The molecule has 0 aromatic heterocycles. The number of hydrogen-bond acceptors (Lipinski definition) is 4. The molecule has 0 bridgehead atoms. The lowest BCUT2D eigenvalue weighted by atomic mass is 9.43. The molecule has 3 saturated carbocycles. The predicted molar refractivity (Wildman–Crippen MR) is 93.0 cm³/mol. The van der Waals surface area contributed by atoms with Crippen LogP contribution in [0.25, 0.3) is 0 Å². The molecule has 3 aliphatic carbocycles. The van der Waals surface area contributed by atoms with Gasteiger partial charge >= 0.3 is 5.97 Å². The zero-order chi connectivity index (χ0) is 17.8. The third-order valence-corrected chi connectivity index (χ3v) is 9.15. The van der Waals surface area contributed by atoms with Gasteiger partial charge in [0.15, 0.2) is 0 Å². The number of fused-ring (bicyclic) bond motifs is 3. The predicted octanol–water partition coefficient (Wildman–Crippen LogP) is 3.72. The molecule has 25 heavy (non-hydrogen) atoms. The van der Waals surface area contributed by atoms with Gasteiger partial charge < -0.3 is 14.2 Å². The first-order valence-electron chi connectivity index (χ1n) is 10.2. The van der Waals surface area contributed by atoms with Crippen molar-refractivity contribution in [3.05, 3.63) is 0 Å². The lowest BCUT2D eigenvalue weighted by Crippen LogP contribution is -2.61. The molecule has 0 aromatic carbocycles. The van der Waals surface area contributed by atoms with Crippen molar-refractivity contribution in [2.45, 2.75) is 89.6 Å². The molecule has 8 atom stereocenters. The third-order valence-electron chi connectivity index (χ3n) is 9.15. The van der Waals surface area contributed by atoms with Crippen LogP contribution in [0.15, 0.2) is 0 Å². The molecule has 0 amide bonds. The first-order valence-corrected chi connectivity index (χ1v) is 10.2. The van der Waals surface area contributed by atoms with Crippen LogP contribution in [0, 0.1) is 28.6 Å². The van der Waals surface area contributed by atoms with E-state index in [0.717, 1.165) is 25.7 Å². The second kappa shape index (κ2) is 4.62. The topological polar surface area (TPSA) is 51.4 Å². The average molecular weight is 348 g/mol. The summed E-state index contributed by atoms with van der Waals surface area (Å²) in [6.45, 7) is 9.16. The lowest BCUT2D eigenvalue weighted by molar-refractivity contribution is -0.171. The van der Waals surface area contributed by atoms with Crippen LogP contribution < -0.4 is 0 Å². The highest BCUT2D eigenvalue weighted by molar-refractivity contribution is 5.77. The van der Waals surface area contributed by atoms with E-state index in [2.05, 4.69) is 27.7 Å². The van der Waals surface area contributed by atoms with Crippen LogP contribution in [-0.2, 0) is 19.0 Å². The fourth-order valence-electron chi connectivity index (χ4n) is 7.73. The van der Waals surface area contributed by atoms with Gasteiger partial charge in [0.1, 0.15) is 17.3 Å². The van der Waals surface area contributed by atoms with Crippen molar-refractivity contribution >= 4 is 5.97 Å². The minimum Gasteiger partial charge on any atom is -0.469 e. The number of epoxide rings is 2. The fraction of sp³-hybridized carbons (Fsp3) is 0.952. The van der Waals surface area contributed by atoms with E-state index in [9.17, 15) is 4.79 Å². The van der Waals surface area contributed by atoms with Gasteiger partial charge in [0.05, 0.1) is 18.6 Å². The summed E-state index contributed by atoms with van der Waals surface area (Å²) in [5.74, 6) is 1.41. The van der Waals surface area contributed by atoms with Crippen molar-refractivity contribution in [2.24, 2.45) is 28.6 Å². The maximum atomic E-state index is 12.7. The van der Waals surface area contributed by atoms with Crippen molar-refractivity contribution in [1.29, 1.82) is 0 Å². The van der Waals surface area contributed by atoms with E-state index >= 15 is 0 Å². The number of rotatable bonds is 2. The number of ether oxygens (including phenoxy) is 3. The summed E-state index contributed by atoms with van der Waals surface area (Å²) in [7, 11) is 1.54. The molecule has 2 aliphatic heterocycles. The Balaban J connectivity index is 1.52. The SMILES string of the molecule is COC(=O)[C@]1(C)CCC[C@]2(C)[C@H]3CC[C@@]4(C(C)C)O[C@H]4[C@]34O[C@@H]4C[C@H]21. The summed E-state index contributed by atoms with van der Waals surface area (Å²) in [6, 6.07) is 0. The minimum atomic E-state index is -0.364. The number of esters is 1. The highest BCUT2D eigenvalue weighted by Crippen LogP contribution is 2.76. The van der Waals surface area contributed by atoms with Gasteiger partial charge in [0.25, 0.3) is 0 Å². The summed E-state index contributed by atoms with van der Waals surface area (Å²) in [4.78, 5) is 12.7. The molecule has 0 aromatic rings. The first kappa shape index (κ1) is 16.6. The second-order valence-electron chi connectivity index (χ2n) is 10.2. The summed E-state index contributed by atoms with van der Waals surface area (Å²) < 4.78 is 18.1. The van der Waals surface area contributed by atoms with Crippen LogP contribution in [0.2, 0.25) is 0 Å². The fourth-order valence-corrected chi connectivity index (χ4v) is 7.73. The molecule has 4 nitrogen and oxygen atoms in total. The van der Waals surface area contributed by atoms with Crippen molar-refractivity contribution in [2.75, 3.05) is 7.11 Å². The molecule has 0 radical (unpaired) electrons. The molecular formula is C21H32O4. The van der Waals surface area contributed by atoms with Gasteiger partial charge in [-0.25, -0.2) is 0 Å². The lowest BCUT2D eigenvalue weighted by Gasteiger charge is -2.58. The van der Waals surface area contributed by atoms with Gasteiger partial charge in [-0.2, -0.15) is 0 Å². The maximum Gasteiger partial charge on any atom is 0.311 e.